The molecule has 0 unspecified atom stereocenters. The fourth-order valence-electron chi connectivity index (χ4n) is 1.68. The molecule has 1 aromatic rings. The van der Waals surface area contributed by atoms with Crippen molar-refractivity contribution in [1.29, 1.82) is 0 Å². The summed E-state index contributed by atoms with van der Waals surface area (Å²) < 4.78 is 24.3. The van der Waals surface area contributed by atoms with Crippen LogP contribution in [0.15, 0.2) is 23.1 Å². The first-order chi connectivity index (χ1) is 8.25. The first-order valence-corrected chi connectivity index (χ1v) is 7.46. The van der Waals surface area contributed by atoms with Crippen molar-refractivity contribution in [2.24, 2.45) is 5.92 Å². The highest BCUT2D eigenvalue weighted by molar-refractivity contribution is 7.91. The molecule has 1 aromatic carbocycles. The maximum Gasteiger partial charge on any atom is 0.335 e. The van der Waals surface area contributed by atoms with Crippen LogP contribution in [0.4, 0.5) is 0 Å². The number of carboxylic acid groups (broad SMARTS) is 1. The van der Waals surface area contributed by atoms with E-state index in [1.165, 1.54) is 25.1 Å². The standard InChI is InChI=1S/C13H18O4S/c1-9(2)7-8-18(16,17)12-6-4-5-11(10(12)3)13(14)15/h4-6,9H,7-8H2,1-3H3,(H,14,15). The average Bonchev–Trinajstić information content (AvgIpc) is 2.26. The molecule has 0 spiro atoms. The van der Waals surface area contributed by atoms with Crippen LogP contribution in [0.3, 0.4) is 0 Å². The predicted octanol–water partition coefficient (Wildman–Crippen LogP) is 2.51. The van der Waals surface area contributed by atoms with Crippen LogP contribution in [0.1, 0.15) is 36.2 Å². The molecule has 0 fully saturated rings. The Bertz CT molecular complexity index is 544. The number of rotatable bonds is 5. The SMILES string of the molecule is Cc1c(C(=O)O)cccc1S(=O)(=O)CCC(C)C. The van der Waals surface area contributed by atoms with E-state index in [1.807, 2.05) is 13.8 Å². The van der Waals surface area contributed by atoms with E-state index in [1.54, 1.807) is 0 Å². The van der Waals surface area contributed by atoms with E-state index in [-0.39, 0.29) is 16.2 Å². The number of aromatic carboxylic acids is 1. The average molecular weight is 270 g/mol. The molecule has 1 rings (SSSR count). The van der Waals surface area contributed by atoms with Crippen molar-refractivity contribution in [3.8, 4) is 0 Å². The van der Waals surface area contributed by atoms with Gasteiger partial charge in [-0.15, -0.1) is 0 Å². The first-order valence-electron chi connectivity index (χ1n) is 5.81. The Morgan fingerprint density at radius 3 is 2.44 bits per heavy atom. The maximum atomic E-state index is 12.1. The lowest BCUT2D eigenvalue weighted by Gasteiger charge is -2.10. The normalized spacial score (nSPS) is 11.8. The van der Waals surface area contributed by atoms with E-state index in [4.69, 9.17) is 5.11 Å². The first kappa shape index (κ1) is 14.7. The van der Waals surface area contributed by atoms with Gasteiger partial charge in [0.15, 0.2) is 9.84 Å². The Balaban J connectivity index is 3.17. The minimum Gasteiger partial charge on any atom is -0.478 e. The quantitative estimate of drug-likeness (QED) is 0.892. The number of carbonyl (C=O) groups is 1. The molecule has 0 aliphatic carbocycles. The highest BCUT2D eigenvalue weighted by Gasteiger charge is 2.20. The van der Waals surface area contributed by atoms with Gasteiger partial charge in [0.05, 0.1) is 16.2 Å². The third-order valence-corrected chi connectivity index (χ3v) is 4.70. The summed E-state index contributed by atoms with van der Waals surface area (Å²) in [7, 11) is -3.41. The maximum absolute atomic E-state index is 12.1. The van der Waals surface area contributed by atoms with Gasteiger partial charge in [-0.25, -0.2) is 13.2 Å². The molecule has 4 nitrogen and oxygen atoms in total. The third-order valence-electron chi connectivity index (χ3n) is 2.81. The van der Waals surface area contributed by atoms with Gasteiger partial charge in [-0.1, -0.05) is 19.9 Å². The summed E-state index contributed by atoms with van der Waals surface area (Å²) >= 11 is 0. The summed E-state index contributed by atoms with van der Waals surface area (Å²) in [6.07, 6.45) is 0.569. The molecule has 0 bridgehead atoms. The summed E-state index contributed by atoms with van der Waals surface area (Å²) in [4.78, 5) is 11.1. The monoisotopic (exact) mass is 270 g/mol. The van der Waals surface area contributed by atoms with Gasteiger partial charge in [-0.05, 0) is 37.0 Å². The van der Waals surface area contributed by atoms with Gasteiger partial charge in [0, 0.05) is 0 Å². The molecule has 0 aliphatic heterocycles. The number of benzene rings is 1. The summed E-state index contributed by atoms with van der Waals surface area (Å²) in [5.41, 5.74) is 0.356. The molecule has 0 saturated carbocycles. The summed E-state index contributed by atoms with van der Waals surface area (Å²) in [5, 5.41) is 8.98. The summed E-state index contributed by atoms with van der Waals surface area (Å²) in [6, 6.07) is 4.36. The van der Waals surface area contributed by atoms with Crippen molar-refractivity contribution in [3.05, 3.63) is 29.3 Å². The molecule has 0 aromatic heterocycles. The Kier molecular flexibility index (Phi) is 4.51. The van der Waals surface area contributed by atoms with Gasteiger partial charge in [0.25, 0.3) is 0 Å². The second-order valence-corrected chi connectivity index (χ2v) is 6.81. The van der Waals surface area contributed by atoms with Crippen LogP contribution in [-0.4, -0.2) is 25.2 Å². The largest absolute Gasteiger partial charge is 0.478 e. The van der Waals surface area contributed by atoms with Crippen molar-refractivity contribution in [2.45, 2.75) is 32.1 Å². The van der Waals surface area contributed by atoms with Crippen LogP contribution in [0.5, 0.6) is 0 Å². The number of sulfone groups is 1. The molecule has 0 atom stereocenters. The lowest BCUT2D eigenvalue weighted by atomic mass is 10.1. The van der Waals surface area contributed by atoms with Crippen LogP contribution < -0.4 is 0 Å². The van der Waals surface area contributed by atoms with Gasteiger partial charge in [-0.2, -0.15) is 0 Å². The van der Waals surface area contributed by atoms with Crippen LogP contribution >= 0.6 is 0 Å². The van der Waals surface area contributed by atoms with Crippen molar-refractivity contribution >= 4 is 15.8 Å². The van der Waals surface area contributed by atoms with E-state index in [2.05, 4.69) is 0 Å². The van der Waals surface area contributed by atoms with Gasteiger partial charge in [-0.3, -0.25) is 0 Å². The van der Waals surface area contributed by atoms with Gasteiger partial charge in [0.1, 0.15) is 0 Å². The molecule has 18 heavy (non-hydrogen) atoms. The summed E-state index contributed by atoms with van der Waals surface area (Å²) in [5.74, 6) is -0.759. The molecule has 5 heteroatoms. The van der Waals surface area contributed by atoms with E-state index in [9.17, 15) is 13.2 Å². The lowest BCUT2D eigenvalue weighted by molar-refractivity contribution is 0.0696. The molecule has 0 saturated heterocycles. The molecular formula is C13H18O4S. The molecule has 100 valence electrons. The van der Waals surface area contributed by atoms with Crippen molar-refractivity contribution in [1.82, 2.24) is 0 Å². The fourth-order valence-corrected chi connectivity index (χ4v) is 3.55. The van der Waals surface area contributed by atoms with Gasteiger partial charge in [0.2, 0.25) is 0 Å². The zero-order valence-electron chi connectivity index (χ0n) is 10.8. The van der Waals surface area contributed by atoms with Gasteiger partial charge < -0.3 is 5.11 Å². The van der Waals surface area contributed by atoms with Crippen LogP contribution in [0.25, 0.3) is 0 Å². The topological polar surface area (TPSA) is 71.4 Å². The Morgan fingerprint density at radius 1 is 1.33 bits per heavy atom. The molecule has 1 N–H and O–H groups in total. The van der Waals surface area contributed by atoms with E-state index < -0.39 is 15.8 Å². The van der Waals surface area contributed by atoms with E-state index in [0.717, 1.165) is 0 Å². The lowest BCUT2D eigenvalue weighted by Crippen LogP contribution is -2.12. The van der Waals surface area contributed by atoms with Crippen LogP contribution in [-0.2, 0) is 9.84 Å². The molecule has 0 radical (unpaired) electrons. The fraction of sp³-hybridized carbons (Fsp3) is 0.462. The van der Waals surface area contributed by atoms with Crippen molar-refractivity contribution in [3.63, 3.8) is 0 Å². The van der Waals surface area contributed by atoms with Crippen LogP contribution in [0.2, 0.25) is 0 Å². The second-order valence-electron chi connectivity index (χ2n) is 4.74. The molecular weight excluding hydrogens is 252 g/mol. The predicted molar refractivity (Wildman–Crippen MR) is 69.6 cm³/mol. The molecule has 0 aliphatic rings. The zero-order valence-corrected chi connectivity index (χ0v) is 11.6. The van der Waals surface area contributed by atoms with Crippen LogP contribution in [0, 0.1) is 12.8 Å². The summed E-state index contributed by atoms with van der Waals surface area (Å²) in [6.45, 7) is 5.44. The molecule has 0 amide bonds. The minimum atomic E-state index is -3.41. The second kappa shape index (κ2) is 5.52. The van der Waals surface area contributed by atoms with E-state index in [0.29, 0.717) is 17.9 Å². The highest BCUT2D eigenvalue weighted by atomic mass is 32.2. The smallest absolute Gasteiger partial charge is 0.335 e. The molecule has 0 heterocycles. The Hall–Kier alpha value is -1.36. The zero-order chi connectivity index (χ0) is 13.9. The van der Waals surface area contributed by atoms with Crippen molar-refractivity contribution < 1.29 is 18.3 Å². The Labute approximate surface area is 108 Å². The number of hydrogen-bond acceptors (Lipinski definition) is 3. The number of carboxylic acids is 1. The van der Waals surface area contributed by atoms with Gasteiger partial charge >= 0.3 is 5.97 Å². The van der Waals surface area contributed by atoms with Crippen molar-refractivity contribution in [2.75, 3.05) is 5.75 Å². The highest BCUT2D eigenvalue weighted by Crippen LogP contribution is 2.21. The third kappa shape index (κ3) is 3.32. The number of hydrogen-bond donors (Lipinski definition) is 1. The minimum absolute atomic E-state index is 0.0422. The van der Waals surface area contributed by atoms with E-state index >= 15 is 0 Å². The Morgan fingerprint density at radius 2 is 1.94 bits per heavy atom.